The van der Waals surface area contributed by atoms with Crippen LogP contribution in [0.2, 0.25) is 0 Å². The molecule has 3 aliphatic heterocycles. The Bertz CT molecular complexity index is 1330. The molecule has 2 aromatic heterocycles. The van der Waals surface area contributed by atoms with Gasteiger partial charge in [-0.3, -0.25) is 9.98 Å². The summed E-state index contributed by atoms with van der Waals surface area (Å²) in [6, 6.07) is 6.46. The zero-order valence-corrected chi connectivity index (χ0v) is 24.7. The quantitative estimate of drug-likeness (QED) is 0.163. The minimum Gasteiger partial charge on any atom is -0.486 e. The number of fused-ring (bicyclic) bond motifs is 4. The molecule has 0 radical (unpaired) electrons. The summed E-state index contributed by atoms with van der Waals surface area (Å²) >= 11 is 1.50. The maximum Gasteiger partial charge on any atom is 0.175 e. The van der Waals surface area contributed by atoms with Gasteiger partial charge in [0.1, 0.15) is 24.3 Å². The summed E-state index contributed by atoms with van der Waals surface area (Å²) in [6.45, 7) is 10.2. The highest BCUT2D eigenvalue weighted by Gasteiger charge is 2.46. The molecule has 41 heavy (non-hydrogen) atoms. The molecule has 2 aromatic rings. The number of ether oxygens (including phenoxy) is 3. The Labute approximate surface area is 246 Å². The lowest BCUT2D eigenvalue weighted by Crippen LogP contribution is -2.45. The highest BCUT2D eigenvalue weighted by molar-refractivity contribution is 8.03. The molecule has 4 aliphatic rings. The van der Waals surface area contributed by atoms with Crippen molar-refractivity contribution in [2.24, 2.45) is 27.1 Å². The number of hydrogen-bond acceptors (Lipinski definition) is 10. The van der Waals surface area contributed by atoms with E-state index in [-0.39, 0.29) is 11.5 Å². The lowest BCUT2D eigenvalue weighted by Gasteiger charge is -2.42. The third kappa shape index (κ3) is 5.60. The van der Waals surface area contributed by atoms with E-state index in [0.717, 1.165) is 67.6 Å². The summed E-state index contributed by atoms with van der Waals surface area (Å²) < 4.78 is 16.9. The number of amidine groups is 1. The first-order valence-corrected chi connectivity index (χ1v) is 15.1. The van der Waals surface area contributed by atoms with E-state index in [1.807, 2.05) is 24.5 Å². The van der Waals surface area contributed by atoms with Crippen LogP contribution in [0.1, 0.15) is 43.5 Å². The third-order valence-corrected chi connectivity index (χ3v) is 9.97. The fraction of sp³-hybridized carbons (Fsp3) is 0.533. The van der Waals surface area contributed by atoms with Crippen LogP contribution in [0, 0.1) is 11.3 Å². The molecule has 1 unspecified atom stereocenters. The van der Waals surface area contributed by atoms with E-state index in [2.05, 4.69) is 44.5 Å². The number of nitrogens with zero attached hydrogens (tertiary/aromatic N) is 6. The second-order valence-corrected chi connectivity index (χ2v) is 12.5. The second kappa shape index (κ2) is 12.1. The molecule has 218 valence electrons. The van der Waals surface area contributed by atoms with Gasteiger partial charge >= 0.3 is 0 Å². The van der Waals surface area contributed by atoms with Crippen molar-refractivity contribution in [2.75, 3.05) is 51.7 Å². The van der Waals surface area contributed by atoms with Gasteiger partial charge in [0, 0.05) is 56.8 Å². The Morgan fingerprint density at radius 1 is 1.29 bits per heavy atom. The van der Waals surface area contributed by atoms with Crippen molar-refractivity contribution in [3.05, 3.63) is 53.1 Å². The van der Waals surface area contributed by atoms with Crippen molar-refractivity contribution in [1.29, 1.82) is 0 Å². The fourth-order valence-corrected chi connectivity index (χ4v) is 7.50. The van der Waals surface area contributed by atoms with E-state index in [1.54, 1.807) is 13.3 Å². The summed E-state index contributed by atoms with van der Waals surface area (Å²) in [7, 11) is 1.64. The van der Waals surface area contributed by atoms with E-state index >= 15 is 0 Å². The normalized spacial score (nSPS) is 25.1. The average Bonchev–Trinajstić information content (AvgIpc) is 3.54. The zero-order chi connectivity index (χ0) is 28.4. The number of anilines is 1. The number of rotatable bonds is 8. The molecule has 1 aliphatic carbocycles. The van der Waals surface area contributed by atoms with Crippen LogP contribution < -0.4 is 15.4 Å². The van der Waals surface area contributed by atoms with Gasteiger partial charge in [0.25, 0.3) is 0 Å². The Morgan fingerprint density at radius 3 is 2.93 bits per heavy atom. The van der Waals surface area contributed by atoms with Crippen LogP contribution in [0.15, 0.2) is 56.7 Å². The van der Waals surface area contributed by atoms with Crippen molar-refractivity contribution >= 4 is 30.1 Å². The molecule has 5 heterocycles. The number of piperidine rings is 1. The van der Waals surface area contributed by atoms with Crippen LogP contribution in [-0.4, -0.2) is 80.2 Å². The van der Waals surface area contributed by atoms with Crippen molar-refractivity contribution in [2.45, 2.75) is 49.6 Å². The van der Waals surface area contributed by atoms with E-state index in [1.165, 1.54) is 23.0 Å². The first-order valence-electron chi connectivity index (χ1n) is 14.3. The standard InChI is InChI=1S/C30H39N7O3S/c1-20(36-11-7-30(8-12-36)14-24-23(28(30)31)5-4-9-33-24)35-15-26(32-2)41-25-6-10-34-29-27(25)40-18-22-13-21(16-37(22)29)17-39-19-38-3/h4-6,9-10,15,21-22,28H,2,7-8,11-14,16-19,31H2,1,3H3/b26-15+,35-20+/t21?,22-,28+/m0/s1. The topological polar surface area (TPSA) is 111 Å². The van der Waals surface area contributed by atoms with Gasteiger partial charge < -0.3 is 29.7 Å². The number of thioether (sulfide) groups is 1. The molecule has 0 amide bonds. The Morgan fingerprint density at radius 2 is 2.15 bits per heavy atom. The number of nitrogens with two attached hydrogens (primary N) is 1. The molecule has 2 N–H and O–H groups in total. The number of aromatic nitrogens is 2. The van der Waals surface area contributed by atoms with Crippen LogP contribution in [0.25, 0.3) is 0 Å². The van der Waals surface area contributed by atoms with E-state index in [0.29, 0.717) is 37.0 Å². The van der Waals surface area contributed by atoms with Crippen LogP contribution in [0.3, 0.4) is 0 Å². The zero-order valence-electron chi connectivity index (χ0n) is 23.9. The van der Waals surface area contributed by atoms with Crippen LogP contribution in [0.5, 0.6) is 5.75 Å². The van der Waals surface area contributed by atoms with Crippen molar-refractivity contribution < 1.29 is 14.2 Å². The maximum absolute atomic E-state index is 6.73. The number of likely N-dealkylation sites (tertiary alicyclic amines) is 1. The molecule has 1 spiro atoms. The van der Waals surface area contributed by atoms with E-state index in [9.17, 15) is 0 Å². The number of pyridine rings is 2. The van der Waals surface area contributed by atoms with Gasteiger partial charge in [-0.05, 0) is 62.4 Å². The van der Waals surface area contributed by atoms with Crippen LogP contribution >= 0.6 is 11.8 Å². The van der Waals surface area contributed by atoms with Crippen molar-refractivity contribution in [3.8, 4) is 5.75 Å². The van der Waals surface area contributed by atoms with Gasteiger partial charge in [-0.15, -0.1) is 0 Å². The molecular formula is C30H39N7O3S. The molecule has 0 saturated carbocycles. The Kier molecular flexibility index (Phi) is 8.30. The molecular weight excluding hydrogens is 538 g/mol. The third-order valence-electron chi connectivity index (χ3n) is 8.99. The highest BCUT2D eigenvalue weighted by Crippen LogP contribution is 2.50. The molecule has 6 rings (SSSR count). The maximum atomic E-state index is 6.73. The summed E-state index contributed by atoms with van der Waals surface area (Å²) in [6.07, 6.45) is 9.55. The Balaban J connectivity index is 1.09. The summed E-state index contributed by atoms with van der Waals surface area (Å²) in [5.74, 6) is 3.07. The molecule has 0 bridgehead atoms. The predicted molar refractivity (Wildman–Crippen MR) is 162 cm³/mol. The van der Waals surface area contributed by atoms with Gasteiger partial charge in [0.05, 0.1) is 23.7 Å². The summed E-state index contributed by atoms with van der Waals surface area (Å²) in [5.41, 5.74) is 9.20. The first-order chi connectivity index (χ1) is 20.0. The molecule has 2 saturated heterocycles. The Hall–Kier alpha value is -2.99. The van der Waals surface area contributed by atoms with Gasteiger partial charge in [0.2, 0.25) is 0 Å². The fourth-order valence-electron chi connectivity index (χ4n) is 6.73. The minimum absolute atomic E-state index is 0.0534. The highest BCUT2D eigenvalue weighted by atomic mass is 32.2. The number of hydrogen-bond donors (Lipinski definition) is 1. The summed E-state index contributed by atoms with van der Waals surface area (Å²) in [4.78, 5) is 24.0. The average molecular weight is 578 g/mol. The molecule has 10 nitrogen and oxygen atoms in total. The lowest BCUT2D eigenvalue weighted by atomic mass is 9.73. The van der Waals surface area contributed by atoms with Crippen molar-refractivity contribution in [1.82, 2.24) is 14.9 Å². The van der Waals surface area contributed by atoms with Crippen molar-refractivity contribution in [3.63, 3.8) is 0 Å². The van der Waals surface area contributed by atoms with E-state index < -0.39 is 0 Å². The monoisotopic (exact) mass is 577 g/mol. The van der Waals surface area contributed by atoms with Gasteiger partial charge in [-0.1, -0.05) is 17.8 Å². The second-order valence-electron chi connectivity index (χ2n) is 11.4. The van der Waals surface area contributed by atoms with Gasteiger partial charge in [0.15, 0.2) is 11.6 Å². The number of methoxy groups -OCH3 is 1. The molecule has 0 aromatic carbocycles. The lowest BCUT2D eigenvalue weighted by molar-refractivity contribution is -0.0414. The number of aliphatic imine (C=N–C) groups is 2. The van der Waals surface area contributed by atoms with Crippen LogP contribution in [-0.2, 0) is 15.9 Å². The molecule has 2 fully saturated rings. The van der Waals surface area contributed by atoms with Crippen LogP contribution in [0.4, 0.5) is 5.82 Å². The molecule has 3 atom stereocenters. The largest absolute Gasteiger partial charge is 0.486 e. The van der Waals surface area contributed by atoms with Gasteiger partial charge in [-0.2, -0.15) is 0 Å². The predicted octanol–water partition coefficient (Wildman–Crippen LogP) is 4.03. The van der Waals surface area contributed by atoms with Gasteiger partial charge in [-0.25, -0.2) is 9.98 Å². The summed E-state index contributed by atoms with van der Waals surface area (Å²) in [5, 5.41) is 0.712. The smallest absolute Gasteiger partial charge is 0.175 e. The SMILES string of the molecule is C=N/C(=C\N=C(/C)N1CCC2(CC1)Cc1ncccc1[C@H]2N)Sc1ccnc2c1OC[C@@H]1CC(COCOC)CN21. The minimum atomic E-state index is 0.0534. The molecule has 11 heteroatoms. The van der Waals surface area contributed by atoms with E-state index in [4.69, 9.17) is 24.9 Å². The first kappa shape index (κ1) is 28.1.